The molecule has 1 saturated heterocycles. The minimum absolute atomic E-state index is 0.0135. The van der Waals surface area contributed by atoms with Crippen molar-refractivity contribution in [2.75, 3.05) is 24.7 Å². The van der Waals surface area contributed by atoms with Crippen LogP contribution in [0.3, 0.4) is 0 Å². The van der Waals surface area contributed by atoms with Crippen LogP contribution in [0.4, 0.5) is 5.69 Å². The van der Waals surface area contributed by atoms with Gasteiger partial charge in [-0.15, -0.1) is 0 Å². The van der Waals surface area contributed by atoms with Crippen molar-refractivity contribution in [3.63, 3.8) is 0 Å². The van der Waals surface area contributed by atoms with E-state index in [2.05, 4.69) is 0 Å². The molecule has 1 heterocycles. The summed E-state index contributed by atoms with van der Waals surface area (Å²) < 4.78 is 5.24. The van der Waals surface area contributed by atoms with Gasteiger partial charge in [-0.05, 0) is 31.0 Å². The van der Waals surface area contributed by atoms with E-state index in [0.717, 1.165) is 16.8 Å². The largest absolute Gasteiger partial charge is 0.369 e. The van der Waals surface area contributed by atoms with E-state index in [1.54, 1.807) is 4.90 Å². The van der Waals surface area contributed by atoms with E-state index in [4.69, 9.17) is 10.5 Å². The zero-order valence-corrected chi connectivity index (χ0v) is 10.3. The van der Waals surface area contributed by atoms with Crippen LogP contribution in [0.2, 0.25) is 0 Å². The molecule has 0 saturated carbocycles. The van der Waals surface area contributed by atoms with Gasteiger partial charge in [0.05, 0.1) is 12.6 Å². The molecule has 0 bridgehead atoms. The predicted octanol–water partition coefficient (Wildman–Crippen LogP) is 0.994. The second-order valence-electron chi connectivity index (χ2n) is 4.46. The third-order valence-corrected chi connectivity index (χ3v) is 3.07. The van der Waals surface area contributed by atoms with Crippen molar-refractivity contribution in [1.82, 2.24) is 0 Å². The van der Waals surface area contributed by atoms with Gasteiger partial charge in [0.1, 0.15) is 6.61 Å². The first kappa shape index (κ1) is 12.1. The predicted molar refractivity (Wildman–Crippen MR) is 67.1 cm³/mol. The van der Waals surface area contributed by atoms with Crippen molar-refractivity contribution in [2.24, 2.45) is 5.73 Å². The van der Waals surface area contributed by atoms with Gasteiger partial charge in [-0.2, -0.15) is 0 Å². The highest BCUT2D eigenvalue weighted by molar-refractivity contribution is 5.96. The Morgan fingerprint density at radius 2 is 2.24 bits per heavy atom. The van der Waals surface area contributed by atoms with E-state index >= 15 is 0 Å². The van der Waals surface area contributed by atoms with Gasteiger partial charge in [0.2, 0.25) is 0 Å². The Morgan fingerprint density at radius 3 is 2.94 bits per heavy atom. The molecule has 1 aromatic rings. The molecule has 2 N–H and O–H groups in total. The highest BCUT2D eigenvalue weighted by Gasteiger charge is 2.29. The number of anilines is 1. The summed E-state index contributed by atoms with van der Waals surface area (Å²) >= 11 is 0. The van der Waals surface area contributed by atoms with Crippen molar-refractivity contribution in [3.8, 4) is 0 Å². The highest BCUT2D eigenvalue weighted by Crippen LogP contribution is 2.25. The number of rotatable bonds is 2. The summed E-state index contributed by atoms with van der Waals surface area (Å²) in [5.74, 6) is -0.0135. The van der Waals surface area contributed by atoms with Crippen molar-refractivity contribution < 1.29 is 9.53 Å². The lowest BCUT2D eigenvalue weighted by atomic mass is 10.1. The van der Waals surface area contributed by atoms with E-state index in [0.29, 0.717) is 13.2 Å². The number of aryl methyl sites for hydroxylation is 2. The Kier molecular flexibility index (Phi) is 3.45. The number of ether oxygens (including phenoxy) is 1. The van der Waals surface area contributed by atoms with Gasteiger partial charge in [0.15, 0.2) is 0 Å². The molecule has 1 atom stereocenters. The average Bonchev–Trinajstić information content (AvgIpc) is 2.32. The Bertz CT molecular complexity index is 431. The molecular weight excluding hydrogens is 216 g/mol. The normalized spacial score (nSPS) is 20.8. The Labute approximate surface area is 101 Å². The third-order valence-electron chi connectivity index (χ3n) is 3.07. The van der Waals surface area contributed by atoms with Gasteiger partial charge in [0.25, 0.3) is 5.91 Å². The zero-order valence-electron chi connectivity index (χ0n) is 10.3. The average molecular weight is 234 g/mol. The molecule has 17 heavy (non-hydrogen) atoms. The molecule has 4 heteroatoms. The second-order valence-corrected chi connectivity index (χ2v) is 4.46. The topological polar surface area (TPSA) is 55.6 Å². The summed E-state index contributed by atoms with van der Waals surface area (Å²) in [5.41, 5.74) is 8.89. The number of amides is 1. The van der Waals surface area contributed by atoms with Crippen LogP contribution >= 0.6 is 0 Å². The number of benzene rings is 1. The molecule has 2 rings (SSSR count). The van der Waals surface area contributed by atoms with Gasteiger partial charge >= 0.3 is 0 Å². The van der Waals surface area contributed by atoms with Crippen LogP contribution in [0.5, 0.6) is 0 Å². The number of nitrogens with two attached hydrogens (primary N) is 1. The molecule has 1 aliphatic heterocycles. The lowest BCUT2D eigenvalue weighted by molar-refractivity contribution is -0.127. The molecule has 1 fully saturated rings. The highest BCUT2D eigenvalue weighted by atomic mass is 16.5. The first-order valence-corrected chi connectivity index (χ1v) is 5.80. The summed E-state index contributed by atoms with van der Waals surface area (Å²) in [4.78, 5) is 13.8. The summed E-state index contributed by atoms with van der Waals surface area (Å²) in [5, 5.41) is 0. The van der Waals surface area contributed by atoms with E-state index < -0.39 is 0 Å². The van der Waals surface area contributed by atoms with E-state index in [-0.39, 0.29) is 18.6 Å². The fourth-order valence-corrected chi connectivity index (χ4v) is 2.11. The number of carbonyl (C=O) groups excluding carboxylic acids is 1. The SMILES string of the molecule is Cc1ccc(C)c(N2C(=O)COCC2CN)c1. The second kappa shape index (κ2) is 4.85. The molecule has 1 aliphatic rings. The Morgan fingerprint density at radius 1 is 1.47 bits per heavy atom. The van der Waals surface area contributed by atoms with E-state index in [9.17, 15) is 4.79 Å². The third kappa shape index (κ3) is 2.33. The Balaban J connectivity index is 2.41. The van der Waals surface area contributed by atoms with Gasteiger partial charge < -0.3 is 15.4 Å². The lowest BCUT2D eigenvalue weighted by Gasteiger charge is -2.35. The summed E-state index contributed by atoms with van der Waals surface area (Å²) in [7, 11) is 0. The van der Waals surface area contributed by atoms with Gasteiger partial charge in [0, 0.05) is 12.2 Å². The zero-order chi connectivity index (χ0) is 12.4. The van der Waals surface area contributed by atoms with Crippen molar-refractivity contribution in [3.05, 3.63) is 29.3 Å². The fraction of sp³-hybridized carbons (Fsp3) is 0.462. The lowest BCUT2D eigenvalue weighted by Crippen LogP contribution is -2.53. The van der Waals surface area contributed by atoms with Crippen molar-refractivity contribution >= 4 is 11.6 Å². The minimum atomic E-state index is -0.0586. The quantitative estimate of drug-likeness (QED) is 0.830. The summed E-state index contributed by atoms with van der Waals surface area (Å²) in [6.45, 7) is 5.09. The Hall–Kier alpha value is -1.39. The first-order chi connectivity index (χ1) is 8.13. The van der Waals surface area contributed by atoms with Crippen LogP contribution in [-0.4, -0.2) is 31.7 Å². The monoisotopic (exact) mass is 234 g/mol. The van der Waals surface area contributed by atoms with Crippen LogP contribution in [0.25, 0.3) is 0 Å². The molecule has 0 radical (unpaired) electrons. The molecule has 0 aromatic heterocycles. The van der Waals surface area contributed by atoms with E-state index in [1.165, 1.54) is 0 Å². The van der Waals surface area contributed by atoms with Crippen LogP contribution in [0, 0.1) is 13.8 Å². The summed E-state index contributed by atoms with van der Waals surface area (Å²) in [6.07, 6.45) is 0. The number of hydrogen-bond donors (Lipinski definition) is 1. The smallest absolute Gasteiger partial charge is 0.253 e. The maximum Gasteiger partial charge on any atom is 0.253 e. The van der Waals surface area contributed by atoms with Crippen molar-refractivity contribution in [1.29, 1.82) is 0 Å². The maximum absolute atomic E-state index is 12.0. The number of nitrogens with zero attached hydrogens (tertiary/aromatic N) is 1. The van der Waals surface area contributed by atoms with Crippen molar-refractivity contribution in [2.45, 2.75) is 19.9 Å². The fourth-order valence-electron chi connectivity index (χ4n) is 2.11. The van der Waals surface area contributed by atoms with Crippen LogP contribution in [0.15, 0.2) is 18.2 Å². The molecule has 1 unspecified atom stereocenters. The molecular formula is C13H18N2O2. The van der Waals surface area contributed by atoms with Gasteiger partial charge in [-0.1, -0.05) is 12.1 Å². The molecule has 1 amide bonds. The maximum atomic E-state index is 12.0. The van der Waals surface area contributed by atoms with Crippen LogP contribution < -0.4 is 10.6 Å². The molecule has 92 valence electrons. The number of morpholine rings is 1. The van der Waals surface area contributed by atoms with Gasteiger partial charge in [-0.25, -0.2) is 0 Å². The molecule has 0 aliphatic carbocycles. The molecule has 1 aromatic carbocycles. The minimum Gasteiger partial charge on any atom is -0.369 e. The number of hydrogen-bond acceptors (Lipinski definition) is 3. The number of carbonyl (C=O) groups is 1. The molecule has 0 spiro atoms. The van der Waals surface area contributed by atoms with Crippen LogP contribution in [0.1, 0.15) is 11.1 Å². The standard InChI is InChI=1S/C13H18N2O2/c1-9-3-4-10(2)12(5-9)15-11(6-14)7-17-8-13(15)16/h3-5,11H,6-8,14H2,1-2H3. The van der Waals surface area contributed by atoms with E-state index in [1.807, 2.05) is 32.0 Å². The van der Waals surface area contributed by atoms with Crippen LogP contribution in [-0.2, 0) is 9.53 Å². The first-order valence-electron chi connectivity index (χ1n) is 5.80. The summed E-state index contributed by atoms with van der Waals surface area (Å²) in [6, 6.07) is 6.04. The van der Waals surface area contributed by atoms with Gasteiger partial charge in [-0.3, -0.25) is 4.79 Å². The molecule has 4 nitrogen and oxygen atoms in total.